The molecule has 24 heavy (non-hydrogen) atoms. The Morgan fingerprint density at radius 3 is 2.50 bits per heavy atom. The Morgan fingerprint density at radius 1 is 1.33 bits per heavy atom. The maximum Gasteiger partial charge on any atom is 0.245 e. The van der Waals surface area contributed by atoms with E-state index in [4.69, 9.17) is 5.26 Å². The third kappa shape index (κ3) is 3.76. The van der Waals surface area contributed by atoms with Gasteiger partial charge in [0.25, 0.3) is 0 Å². The molecular weight excluding hydrogens is 302 g/mol. The molecular formula is C19H25N3O2. The summed E-state index contributed by atoms with van der Waals surface area (Å²) in [6.07, 6.45) is 1.24. The van der Waals surface area contributed by atoms with Crippen LogP contribution in [0.4, 0.5) is 0 Å². The molecule has 1 atom stereocenters. The quantitative estimate of drug-likeness (QED) is 0.815. The molecule has 1 fully saturated rings. The second-order valence-electron chi connectivity index (χ2n) is 6.81. The molecule has 1 aliphatic rings. The standard InChI is InChI=1S/C19H25N3O2/c1-14(2)16-7-5-15(6-8-16)13-17(23)22-12-9-19(22,3)18(24)21-11-4-10-20/h5-8,14H,4,9,11-13H2,1-3H3,(H,21,24). The highest BCUT2D eigenvalue weighted by atomic mass is 16.2. The summed E-state index contributed by atoms with van der Waals surface area (Å²) in [5.41, 5.74) is 1.42. The lowest BCUT2D eigenvalue weighted by atomic mass is 9.84. The van der Waals surface area contributed by atoms with E-state index in [0.29, 0.717) is 31.8 Å². The maximum atomic E-state index is 12.6. The van der Waals surface area contributed by atoms with Crippen LogP contribution in [0.3, 0.4) is 0 Å². The number of hydrogen-bond acceptors (Lipinski definition) is 3. The van der Waals surface area contributed by atoms with Crippen LogP contribution in [0.1, 0.15) is 50.7 Å². The molecule has 1 heterocycles. The van der Waals surface area contributed by atoms with Gasteiger partial charge in [0.1, 0.15) is 5.54 Å². The number of nitrogens with zero attached hydrogens (tertiary/aromatic N) is 2. The van der Waals surface area contributed by atoms with Crippen molar-refractivity contribution in [3.8, 4) is 6.07 Å². The van der Waals surface area contributed by atoms with Crippen molar-refractivity contribution >= 4 is 11.8 Å². The van der Waals surface area contributed by atoms with Crippen LogP contribution < -0.4 is 5.32 Å². The van der Waals surface area contributed by atoms with Gasteiger partial charge in [0.05, 0.1) is 18.9 Å². The van der Waals surface area contributed by atoms with Crippen molar-refractivity contribution in [3.05, 3.63) is 35.4 Å². The third-order valence-corrected chi connectivity index (χ3v) is 4.73. The van der Waals surface area contributed by atoms with Gasteiger partial charge in [0, 0.05) is 13.1 Å². The second kappa shape index (κ2) is 7.48. The van der Waals surface area contributed by atoms with Gasteiger partial charge in [-0.3, -0.25) is 9.59 Å². The maximum absolute atomic E-state index is 12.6. The Labute approximate surface area is 143 Å². The topological polar surface area (TPSA) is 73.2 Å². The molecule has 0 saturated carbocycles. The molecule has 0 aromatic heterocycles. The minimum atomic E-state index is -0.787. The fraction of sp³-hybridized carbons (Fsp3) is 0.526. The Balaban J connectivity index is 1.97. The molecule has 1 aliphatic heterocycles. The van der Waals surface area contributed by atoms with Gasteiger partial charge in [0.2, 0.25) is 11.8 Å². The minimum absolute atomic E-state index is 0.0310. The second-order valence-corrected chi connectivity index (χ2v) is 6.81. The lowest BCUT2D eigenvalue weighted by Gasteiger charge is -2.49. The van der Waals surface area contributed by atoms with Gasteiger partial charge in [-0.15, -0.1) is 0 Å². The van der Waals surface area contributed by atoms with Gasteiger partial charge in [-0.05, 0) is 30.4 Å². The average Bonchev–Trinajstić information content (AvgIpc) is 2.53. The summed E-state index contributed by atoms with van der Waals surface area (Å²) in [6.45, 7) is 6.99. The van der Waals surface area contributed by atoms with Gasteiger partial charge in [-0.25, -0.2) is 0 Å². The normalized spacial score (nSPS) is 19.5. The van der Waals surface area contributed by atoms with Crippen LogP contribution in [0.5, 0.6) is 0 Å². The van der Waals surface area contributed by atoms with Crippen molar-refractivity contribution in [2.24, 2.45) is 0 Å². The lowest BCUT2D eigenvalue weighted by Crippen LogP contribution is -2.67. The largest absolute Gasteiger partial charge is 0.353 e. The first-order valence-corrected chi connectivity index (χ1v) is 8.43. The summed E-state index contributed by atoms with van der Waals surface area (Å²) in [5.74, 6) is 0.259. The van der Waals surface area contributed by atoms with Crippen molar-refractivity contribution in [1.82, 2.24) is 10.2 Å². The molecule has 0 spiro atoms. The zero-order valence-corrected chi connectivity index (χ0v) is 14.6. The zero-order valence-electron chi connectivity index (χ0n) is 14.6. The SMILES string of the molecule is CC(C)c1ccc(CC(=O)N2CCC2(C)C(=O)NCCC#N)cc1. The summed E-state index contributed by atoms with van der Waals surface area (Å²) in [4.78, 5) is 26.5. The zero-order chi connectivity index (χ0) is 17.7. The third-order valence-electron chi connectivity index (χ3n) is 4.73. The van der Waals surface area contributed by atoms with E-state index in [2.05, 4.69) is 31.3 Å². The highest BCUT2D eigenvalue weighted by Crippen LogP contribution is 2.31. The van der Waals surface area contributed by atoms with Crippen molar-refractivity contribution in [1.29, 1.82) is 5.26 Å². The molecule has 0 bridgehead atoms. The Kier molecular flexibility index (Phi) is 5.61. The number of benzene rings is 1. The summed E-state index contributed by atoms with van der Waals surface area (Å²) >= 11 is 0. The summed E-state index contributed by atoms with van der Waals surface area (Å²) in [6, 6.07) is 10.1. The van der Waals surface area contributed by atoms with Crippen LogP contribution in [0, 0.1) is 11.3 Å². The van der Waals surface area contributed by atoms with Crippen molar-refractivity contribution in [2.75, 3.05) is 13.1 Å². The minimum Gasteiger partial charge on any atom is -0.353 e. The Morgan fingerprint density at radius 2 is 2.00 bits per heavy atom. The first kappa shape index (κ1) is 18.0. The predicted molar refractivity (Wildman–Crippen MR) is 92.2 cm³/mol. The number of carbonyl (C=O) groups excluding carboxylic acids is 2. The van der Waals surface area contributed by atoms with Gasteiger partial charge in [-0.2, -0.15) is 5.26 Å². The number of nitriles is 1. The molecule has 2 amide bonds. The smallest absolute Gasteiger partial charge is 0.245 e. The van der Waals surface area contributed by atoms with Crippen LogP contribution >= 0.6 is 0 Å². The van der Waals surface area contributed by atoms with Crippen molar-refractivity contribution in [2.45, 2.75) is 51.5 Å². The highest BCUT2D eigenvalue weighted by molar-refractivity contribution is 5.93. The van der Waals surface area contributed by atoms with E-state index >= 15 is 0 Å². The molecule has 1 saturated heterocycles. The molecule has 5 heteroatoms. The monoisotopic (exact) mass is 327 g/mol. The van der Waals surface area contributed by atoms with E-state index in [9.17, 15) is 9.59 Å². The van der Waals surface area contributed by atoms with Crippen LogP contribution in [0.2, 0.25) is 0 Å². The molecule has 1 aromatic rings. The van der Waals surface area contributed by atoms with Gasteiger partial charge >= 0.3 is 0 Å². The van der Waals surface area contributed by atoms with E-state index in [1.807, 2.05) is 18.2 Å². The molecule has 0 aliphatic carbocycles. The molecule has 5 nitrogen and oxygen atoms in total. The van der Waals surface area contributed by atoms with E-state index in [1.54, 1.807) is 11.8 Å². The van der Waals surface area contributed by atoms with E-state index < -0.39 is 5.54 Å². The molecule has 1 unspecified atom stereocenters. The fourth-order valence-electron chi connectivity index (χ4n) is 2.91. The molecule has 1 N–H and O–H groups in total. The van der Waals surface area contributed by atoms with Crippen LogP contribution in [0.25, 0.3) is 0 Å². The van der Waals surface area contributed by atoms with Crippen LogP contribution in [0.15, 0.2) is 24.3 Å². The van der Waals surface area contributed by atoms with Crippen molar-refractivity contribution in [3.63, 3.8) is 0 Å². The summed E-state index contributed by atoms with van der Waals surface area (Å²) in [7, 11) is 0. The fourth-order valence-corrected chi connectivity index (χ4v) is 2.91. The summed E-state index contributed by atoms with van der Waals surface area (Å²) in [5, 5.41) is 11.3. The first-order valence-electron chi connectivity index (χ1n) is 8.43. The summed E-state index contributed by atoms with van der Waals surface area (Å²) < 4.78 is 0. The molecule has 0 radical (unpaired) electrons. The number of amides is 2. The van der Waals surface area contributed by atoms with Gasteiger partial charge in [-0.1, -0.05) is 38.1 Å². The number of nitrogens with one attached hydrogen (secondary N) is 1. The number of carbonyl (C=O) groups is 2. The Hall–Kier alpha value is -2.35. The number of likely N-dealkylation sites (tertiary alicyclic amines) is 1. The number of rotatable bonds is 6. The highest BCUT2D eigenvalue weighted by Gasteiger charge is 2.48. The van der Waals surface area contributed by atoms with Crippen LogP contribution in [-0.4, -0.2) is 35.3 Å². The molecule has 2 rings (SSSR count). The van der Waals surface area contributed by atoms with Crippen LogP contribution in [-0.2, 0) is 16.0 Å². The van der Waals surface area contributed by atoms with Crippen molar-refractivity contribution < 1.29 is 9.59 Å². The predicted octanol–water partition coefficient (Wildman–Crippen LogP) is 2.37. The average molecular weight is 327 g/mol. The first-order chi connectivity index (χ1) is 11.4. The van der Waals surface area contributed by atoms with Gasteiger partial charge in [0.15, 0.2) is 0 Å². The van der Waals surface area contributed by atoms with E-state index in [0.717, 1.165) is 5.56 Å². The van der Waals surface area contributed by atoms with E-state index in [-0.39, 0.29) is 18.2 Å². The Bertz CT molecular complexity index is 646. The molecule has 1 aromatic carbocycles. The molecule has 128 valence electrons. The van der Waals surface area contributed by atoms with E-state index in [1.165, 1.54) is 5.56 Å². The lowest BCUT2D eigenvalue weighted by molar-refractivity contribution is -0.157. The number of hydrogen-bond donors (Lipinski definition) is 1. The van der Waals surface area contributed by atoms with Gasteiger partial charge < -0.3 is 10.2 Å².